The monoisotopic (exact) mass is 308 g/mol. The van der Waals surface area contributed by atoms with Crippen molar-refractivity contribution in [2.24, 2.45) is 0 Å². The largest absolute Gasteiger partial charge is 0.394 e. The molecule has 6 nitrogen and oxygen atoms in total. The lowest BCUT2D eigenvalue weighted by Crippen LogP contribution is -2.33. The lowest BCUT2D eigenvalue weighted by atomic mass is 10.2. The molecule has 0 bridgehead atoms. The van der Waals surface area contributed by atoms with Crippen LogP contribution < -0.4 is 11.2 Å². The van der Waals surface area contributed by atoms with Gasteiger partial charge in [0.15, 0.2) is 0 Å². The first-order valence-corrected chi connectivity index (χ1v) is 7.58. The van der Waals surface area contributed by atoms with Crippen molar-refractivity contribution in [2.45, 2.75) is 32.1 Å². The van der Waals surface area contributed by atoms with Gasteiger partial charge in [-0.15, -0.1) is 11.3 Å². The zero-order valence-corrected chi connectivity index (χ0v) is 12.4. The molecule has 0 amide bonds. The number of nitrogens with zero attached hydrogens (tertiary/aromatic N) is 1. The van der Waals surface area contributed by atoms with E-state index in [-0.39, 0.29) is 12.7 Å². The second kappa shape index (κ2) is 5.59. The van der Waals surface area contributed by atoms with Crippen molar-refractivity contribution in [3.05, 3.63) is 44.0 Å². The van der Waals surface area contributed by atoms with E-state index in [1.165, 1.54) is 15.9 Å². The molecule has 2 aromatic rings. The normalized spacial score (nSPS) is 21.8. The van der Waals surface area contributed by atoms with E-state index in [1.807, 2.05) is 19.1 Å². The molecule has 0 aromatic carbocycles. The number of aliphatic hydroxyl groups is 1. The summed E-state index contributed by atoms with van der Waals surface area (Å²) >= 11 is 1.50. The number of ether oxygens (including phenoxy) is 1. The van der Waals surface area contributed by atoms with E-state index in [0.717, 1.165) is 9.75 Å². The highest BCUT2D eigenvalue weighted by Gasteiger charge is 2.27. The molecule has 2 unspecified atom stereocenters. The topological polar surface area (TPSA) is 84.3 Å². The third-order valence-electron chi connectivity index (χ3n) is 3.57. The minimum absolute atomic E-state index is 0.0639. The molecular weight excluding hydrogens is 292 g/mol. The fourth-order valence-corrected chi connectivity index (χ4v) is 3.35. The predicted octanol–water partition coefficient (Wildman–Crippen LogP) is 1.24. The van der Waals surface area contributed by atoms with Gasteiger partial charge < -0.3 is 9.84 Å². The fraction of sp³-hybridized carbons (Fsp3) is 0.429. The number of hydrogen-bond donors (Lipinski definition) is 2. The molecule has 21 heavy (non-hydrogen) atoms. The van der Waals surface area contributed by atoms with Crippen LogP contribution in [0.2, 0.25) is 0 Å². The van der Waals surface area contributed by atoms with Crippen molar-refractivity contribution in [3.8, 4) is 10.4 Å². The fourth-order valence-electron chi connectivity index (χ4n) is 2.48. The van der Waals surface area contributed by atoms with Crippen molar-refractivity contribution in [1.82, 2.24) is 9.55 Å². The smallest absolute Gasteiger partial charge is 0.330 e. The van der Waals surface area contributed by atoms with Gasteiger partial charge in [-0.05, 0) is 31.9 Å². The number of aliphatic hydroxyl groups excluding tert-OH is 1. The van der Waals surface area contributed by atoms with Crippen molar-refractivity contribution in [3.63, 3.8) is 0 Å². The quantitative estimate of drug-likeness (QED) is 0.893. The second-order valence-corrected chi connectivity index (χ2v) is 6.38. The first kappa shape index (κ1) is 14.2. The van der Waals surface area contributed by atoms with Crippen LogP contribution in [0.15, 0.2) is 27.9 Å². The van der Waals surface area contributed by atoms with Crippen molar-refractivity contribution in [2.75, 3.05) is 6.61 Å². The summed E-state index contributed by atoms with van der Waals surface area (Å²) in [5, 5.41) is 9.11. The molecular formula is C14H16N2O4S. The Labute approximate surface area is 124 Å². The number of hydrogen-bond acceptors (Lipinski definition) is 5. The van der Waals surface area contributed by atoms with Crippen LogP contribution in [0.1, 0.15) is 23.9 Å². The van der Waals surface area contributed by atoms with Crippen molar-refractivity contribution >= 4 is 11.3 Å². The second-order valence-electron chi connectivity index (χ2n) is 5.09. The third kappa shape index (κ3) is 2.72. The predicted molar refractivity (Wildman–Crippen MR) is 79.6 cm³/mol. The highest BCUT2D eigenvalue weighted by molar-refractivity contribution is 7.15. The summed E-state index contributed by atoms with van der Waals surface area (Å²) in [5.74, 6) is 0. The standard InChI is InChI=1S/C14H16N2O4S/c1-8-2-4-11(21-8)10-6-16(14(19)15-13(10)18)12-5-3-9(7-17)20-12/h2,4,6,9,12,17H,3,5,7H2,1H3,(H,15,18,19). The van der Waals surface area contributed by atoms with E-state index < -0.39 is 17.5 Å². The van der Waals surface area contributed by atoms with Gasteiger partial charge in [-0.25, -0.2) is 4.79 Å². The van der Waals surface area contributed by atoms with Gasteiger partial charge >= 0.3 is 5.69 Å². The molecule has 0 spiro atoms. The Balaban J connectivity index is 2.02. The van der Waals surface area contributed by atoms with Gasteiger partial charge in [0.1, 0.15) is 6.23 Å². The maximum atomic E-state index is 12.0. The van der Waals surface area contributed by atoms with E-state index in [1.54, 1.807) is 6.20 Å². The van der Waals surface area contributed by atoms with Gasteiger partial charge in [-0.3, -0.25) is 14.3 Å². The third-order valence-corrected chi connectivity index (χ3v) is 4.61. The Bertz CT molecular complexity index is 761. The Hall–Kier alpha value is -1.70. The molecule has 2 N–H and O–H groups in total. The van der Waals surface area contributed by atoms with Gasteiger partial charge in [0, 0.05) is 16.0 Å². The molecule has 7 heteroatoms. The van der Waals surface area contributed by atoms with Crippen molar-refractivity contribution < 1.29 is 9.84 Å². The number of aryl methyl sites for hydroxylation is 1. The average Bonchev–Trinajstić information content (AvgIpc) is 3.08. The highest BCUT2D eigenvalue weighted by Crippen LogP contribution is 2.29. The maximum Gasteiger partial charge on any atom is 0.330 e. The average molecular weight is 308 g/mol. The van der Waals surface area contributed by atoms with E-state index in [9.17, 15) is 9.59 Å². The molecule has 1 aliphatic rings. The molecule has 0 aliphatic carbocycles. The van der Waals surface area contributed by atoms with E-state index >= 15 is 0 Å². The molecule has 1 saturated heterocycles. The Kier molecular flexibility index (Phi) is 3.79. The number of H-pyrrole nitrogens is 1. The van der Waals surface area contributed by atoms with Crippen LogP contribution in [0.25, 0.3) is 10.4 Å². The zero-order valence-electron chi connectivity index (χ0n) is 11.5. The number of thiophene rings is 1. The van der Waals surface area contributed by atoms with Gasteiger partial charge in [0.2, 0.25) is 0 Å². The van der Waals surface area contributed by atoms with Crippen LogP contribution in [-0.4, -0.2) is 27.4 Å². The molecule has 1 aliphatic heterocycles. The molecule has 112 valence electrons. The van der Waals surface area contributed by atoms with Crippen LogP contribution in [0.3, 0.4) is 0 Å². The van der Waals surface area contributed by atoms with Crippen LogP contribution in [-0.2, 0) is 4.74 Å². The lowest BCUT2D eigenvalue weighted by Gasteiger charge is -2.15. The van der Waals surface area contributed by atoms with Gasteiger partial charge in [0.05, 0.1) is 18.3 Å². The van der Waals surface area contributed by atoms with Crippen LogP contribution in [0.4, 0.5) is 0 Å². The minimum atomic E-state index is -0.486. The minimum Gasteiger partial charge on any atom is -0.394 e. The number of rotatable bonds is 3. The van der Waals surface area contributed by atoms with E-state index in [0.29, 0.717) is 18.4 Å². The molecule has 0 saturated carbocycles. The molecule has 2 aromatic heterocycles. The van der Waals surface area contributed by atoms with Gasteiger partial charge in [-0.2, -0.15) is 0 Å². The Morgan fingerprint density at radius 2 is 2.24 bits per heavy atom. The Morgan fingerprint density at radius 3 is 2.86 bits per heavy atom. The molecule has 0 radical (unpaired) electrons. The Morgan fingerprint density at radius 1 is 1.43 bits per heavy atom. The summed E-state index contributed by atoms with van der Waals surface area (Å²) in [6.45, 7) is 1.90. The lowest BCUT2D eigenvalue weighted by molar-refractivity contribution is -0.0245. The summed E-state index contributed by atoms with van der Waals surface area (Å²) in [7, 11) is 0. The van der Waals surface area contributed by atoms with Gasteiger partial charge in [-0.1, -0.05) is 0 Å². The summed E-state index contributed by atoms with van der Waals surface area (Å²) < 4.78 is 7.01. The highest BCUT2D eigenvalue weighted by atomic mass is 32.1. The summed E-state index contributed by atoms with van der Waals surface area (Å²) in [6, 6.07) is 3.80. The summed E-state index contributed by atoms with van der Waals surface area (Å²) in [4.78, 5) is 28.2. The first-order chi connectivity index (χ1) is 10.1. The van der Waals surface area contributed by atoms with Crippen LogP contribution in [0.5, 0.6) is 0 Å². The van der Waals surface area contributed by atoms with Crippen molar-refractivity contribution in [1.29, 1.82) is 0 Å². The SMILES string of the molecule is Cc1ccc(-c2cn(C3CCC(CO)O3)c(=O)[nH]c2=O)s1. The molecule has 1 fully saturated rings. The number of nitrogens with one attached hydrogen (secondary N) is 1. The first-order valence-electron chi connectivity index (χ1n) is 6.77. The maximum absolute atomic E-state index is 12.0. The molecule has 3 rings (SSSR count). The summed E-state index contributed by atoms with van der Waals surface area (Å²) in [5.41, 5.74) is -0.417. The summed E-state index contributed by atoms with van der Waals surface area (Å²) in [6.07, 6.45) is 2.20. The number of aromatic nitrogens is 2. The zero-order chi connectivity index (χ0) is 15.0. The van der Waals surface area contributed by atoms with Gasteiger partial charge in [0.25, 0.3) is 5.56 Å². The van der Waals surface area contributed by atoms with E-state index in [4.69, 9.17) is 9.84 Å². The van der Waals surface area contributed by atoms with Crippen LogP contribution >= 0.6 is 11.3 Å². The number of aromatic amines is 1. The van der Waals surface area contributed by atoms with Crippen LogP contribution in [0, 0.1) is 6.92 Å². The molecule has 2 atom stereocenters. The molecule has 3 heterocycles. The van der Waals surface area contributed by atoms with E-state index in [2.05, 4.69) is 4.98 Å².